The first-order valence-electron chi connectivity index (χ1n) is 9.30. The van der Waals surface area contributed by atoms with Gasteiger partial charge in [-0.3, -0.25) is 4.68 Å². The number of aromatic nitrogens is 2. The van der Waals surface area contributed by atoms with Crippen LogP contribution in [0.5, 0.6) is 0 Å². The number of amides is 1. The number of anilines is 2. The summed E-state index contributed by atoms with van der Waals surface area (Å²) in [7, 11) is 1.87. The van der Waals surface area contributed by atoms with Crippen molar-refractivity contribution in [3.8, 4) is 0 Å². The predicted octanol–water partition coefficient (Wildman–Crippen LogP) is 3.83. The van der Waals surface area contributed by atoms with Crippen LogP contribution in [0.3, 0.4) is 0 Å². The van der Waals surface area contributed by atoms with E-state index in [1.54, 1.807) is 9.58 Å². The van der Waals surface area contributed by atoms with E-state index in [1.807, 2.05) is 59.0 Å². The van der Waals surface area contributed by atoms with Crippen LogP contribution in [0.1, 0.15) is 37.6 Å². The van der Waals surface area contributed by atoms with Gasteiger partial charge in [0.1, 0.15) is 11.4 Å². The highest BCUT2D eigenvalue weighted by Gasteiger charge is 2.29. The number of carbonyl (C=O) groups is 1. The third kappa shape index (κ3) is 4.62. The highest BCUT2D eigenvalue weighted by Crippen LogP contribution is 2.27. The Labute approximate surface area is 171 Å². The molecule has 2 aromatic rings. The second kappa shape index (κ2) is 7.79. The Kier molecular flexibility index (Phi) is 5.60. The van der Waals surface area contributed by atoms with E-state index in [2.05, 4.69) is 15.7 Å². The molecule has 1 aliphatic rings. The SMILES string of the molecule is Cc1ccccc1NC(=S)Nc1c2c(nn1C)CCN(C(=O)OC(C)(C)C)C2. The van der Waals surface area contributed by atoms with Gasteiger partial charge in [-0.15, -0.1) is 0 Å². The minimum absolute atomic E-state index is 0.312. The van der Waals surface area contributed by atoms with Gasteiger partial charge in [-0.1, -0.05) is 18.2 Å². The van der Waals surface area contributed by atoms with Gasteiger partial charge in [-0.2, -0.15) is 5.10 Å². The van der Waals surface area contributed by atoms with E-state index >= 15 is 0 Å². The Morgan fingerprint density at radius 3 is 2.64 bits per heavy atom. The van der Waals surface area contributed by atoms with Crippen molar-refractivity contribution in [1.29, 1.82) is 0 Å². The molecule has 0 radical (unpaired) electrons. The lowest BCUT2D eigenvalue weighted by atomic mass is 10.1. The molecule has 0 fully saturated rings. The molecule has 8 heteroatoms. The fourth-order valence-electron chi connectivity index (χ4n) is 3.11. The fraction of sp³-hybridized carbons (Fsp3) is 0.450. The van der Waals surface area contributed by atoms with Crippen molar-refractivity contribution in [3.05, 3.63) is 41.1 Å². The predicted molar refractivity (Wildman–Crippen MR) is 115 cm³/mol. The van der Waals surface area contributed by atoms with Crippen molar-refractivity contribution in [3.63, 3.8) is 0 Å². The normalized spacial score (nSPS) is 13.7. The zero-order valence-electron chi connectivity index (χ0n) is 17.0. The van der Waals surface area contributed by atoms with E-state index in [0.29, 0.717) is 24.6 Å². The Bertz CT molecular complexity index is 900. The molecule has 0 saturated carbocycles. The molecule has 3 rings (SSSR count). The van der Waals surface area contributed by atoms with Crippen LogP contribution in [0.4, 0.5) is 16.3 Å². The maximum absolute atomic E-state index is 12.5. The lowest BCUT2D eigenvalue weighted by molar-refractivity contribution is 0.0224. The number of nitrogens with zero attached hydrogens (tertiary/aromatic N) is 3. The van der Waals surface area contributed by atoms with E-state index in [1.165, 1.54) is 0 Å². The van der Waals surface area contributed by atoms with Gasteiger partial charge in [0.2, 0.25) is 0 Å². The van der Waals surface area contributed by atoms with Crippen LogP contribution >= 0.6 is 12.2 Å². The van der Waals surface area contributed by atoms with Crippen LogP contribution in [0, 0.1) is 6.92 Å². The lowest BCUT2D eigenvalue weighted by Gasteiger charge is -2.30. The summed E-state index contributed by atoms with van der Waals surface area (Å²) in [4.78, 5) is 14.2. The average molecular weight is 402 g/mol. The maximum atomic E-state index is 12.5. The topological polar surface area (TPSA) is 71.4 Å². The summed E-state index contributed by atoms with van der Waals surface area (Å²) in [6.07, 6.45) is 0.371. The molecular formula is C20H27N5O2S. The van der Waals surface area contributed by atoms with E-state index in [9.17, 15) is 4.79 Å². The third-order valence-electron chi connectivity index (χ3n) is 4.47. The molecule has 0 aliphatic carbocycles. The highest BCUT2D eigenvalue weighted by molar-refractivity contribution is 7.80. The van der Waals surface area contributed by atoms with E-state index in [4.69, 9.17) is 17.0 Å². The van der Waals surface area contributed by atoms with E-state index < -0.39 is 5.60 Å². The van der Waals surface area contributed by atoms with Gasteiger partial charge in [0.15, 0.2) is 5.11 Å². The number of para-hydroxylation sites is 1. The molecule has 2 N–H and O–H groups in total. The zero-order chi connectivity index (χ0) is 20.5. The fourth-order valence-corrected chi connectivity index (χ4v) is 3.32. The monoisotopic (exact) mass is 401 g/mol. The van der Waals surface area contributed by atoms with Gasteiger partial charge in [0, 0.05) is 31.3 Å². The molecule has 1 aliphatic heterocycles. The number of nitrogens with one attached hydrogen (secondary N) is 2. The van der Waals surface area contributed by atoms with Crippen LogP contribution in [-0.4, -0.2) is 38.0 Å². The summed E-state index contributed by atoms with van der Waals surface area (Å²) in [5, 5.41) is 11.5. The number of benzene rings is 1. The Balaban J connectivity index is 1.74. The minimum atomic E-state index is -0.521. The quantitative estimate of drug-likeness (QED) is 0.745. The van der Waals surface area contributed by atoms with Crippen molar-refractivity contribution < 1.29 is 9.53 Å². The zero-order valence-corrected chi connectivity index (χ0v) is 17.8. The summed E-state index contributed by atoms with van der Waals surface area (Å²) in [5.74, 6) is 0.786. The Morgan fingerprint density at radius 2 is 1.96 bits per heavy atom. The average Bonchev–Trinajstić information content (AvgIpc) is 2.90. The molecule has 7 nitrogen and oxygen atoms in total. The van der Waals surface area contributed by atoms with Crippen LogP contribution in [-0.2, 0) is 24.8 Å². The third-order valence-corrected chi connectivity index (χ3v) is 4.68. The molecule has 2 heterocycles. The van der Waals surface area contributed by atoms with Crippen LogP contribution in [0.15, 0.2) is 24.3 Å². The molecule has 0 unspecified atom stereocenters. The summed E-state index contributed by atoms with van der Waals surface area (Å²) in [6.45, 7) is 8.65. The molecule has 0 spiro atoms. The van der Waals surface area contributed by atoms with E-state index in [-0.39, 0.29) is 6.09 Å². The number of ether oxygens (including phenoxy) is 1. The number of thiocarbonyl (C=S) groups is 1. The number of aryl methyl sites for hydroxylation is 2. The number of hydrogen-bond acceptors (Lipinski definition) is 4. The first-order chi connectivity index (χ1) is 13.1. The van der Waals surface area contributed by atoms with Crippen LogP contribution in [0.25, 0.3) is 0 Å². The smallest absolute Gasteiger partial charge is 0.410 e. The van der Waals surface area contributed by atoms with Gasteiger partial charge < -0.3 is 20.3 Å². The molecule has 0 atom stereocenters. The van der Waals surface area contributed by atoms with Gasteiger partial charge >= 0.3 is 6.09 Å². The van der Waals surface area contributed by atoms with Crippen molar-refractivity contribution in [2.75, 3.05) is 17.2 Å². The maximum Gasteiger partial charge on any atom is 0.410 e. The van der Waals surface area contributed by atoms with Gasteiger partial charge in [-0.05, 0) is 51.5 Å². The Hall–Kier alpha value is -2.61. The summed E-state index contributed by atoms with van der Waals surface area (Å²) >= 11 is 5.49. The second-order valence-electron chi connectivity index (χ2n) is 7.94. The largest absolute Gasteiger partial charge is 0.444 e. The highest BCUT2D eigenvalue weighted by atomic mass is 32.1. The lowest BCUT2D eigenvalue weighted by Crippen LogP contribution is -2.40. The molecule has 28 heavy (non-hydrogen) atoms. The summed E-state index contributed by atoms with van der Waals surface area (Å²) in [6, 6.07) is 7.95. The summed E-state index contributed by atoms with van der Waals surface area (Å²) in [5.41, 5.74) is 3.48. The van der Waals surface area contributed by atoms with Crippen LogP contribution < -0.4 is 10.6 Å². The number of fused-ring (bicyclic) bond motifs is 1. The molecule has 150 valence electrons. The van der Waals surface area contributed by atoms with Crippen LogP contribution in [0.2, 0.25) is 0 Å². The van der Waals surface area contributed by atoms with Gasteiger partial charge in [0.25, 0.3) is 0 Å². The first kappa shape index (κ1) is 20.1. The molecule has 0 saturated heterocycles. The number of hydrogen-bond donors (Lipinski definition) is 2. The standard InChI is InChI=1S/C20H27N5O2S/c1-13-8-6-7-9-15(13)21-18(28)22-17-14-12-25(19(26)27-20(2,3)4)11-10-16(14)23-24(17)5/h6-9H,10-12H2,1-5H3,(H2,21,22,28). The number of rotatable bonds is 2. The molecular weight excluding hydrogens is 374 g/mol. The number of carbonyl (C=O) groups excluding carboxylic acids is 1. The van der Waals surface area contributed by atoms with Crippen molar-refractivity contribution >= 4 is 34.9 Å². The van der Waals surface area contributed by atoms with Gasteiger partial charge in [-0.25, -0.2) is 4.79 Å². The molecule has 1 amide bonds. The first-order valence-corrected chi connectivity index (χ1v) is 9.71. The second-order valence-corrected chi connectivity index (χ2v) is 8.35. The summed E-state index contributed by atoms with van der Waals surface area (Å²) < 4.78 is 7.29. The van der Waals surface area contributed by atoms with Crippen molar-refractivity contribution in [2.45, 2.75) is 46.3 Å². The molecule has 1 aromatic carbocycles. The van der Waals surface area contributed by atoms with E-state index in [0.717, 1.165) is 28.3 Å². The molecule has 1 aromatic heterocycles. The Morgan fingerprint density at radius 1 is 1.25 bits per heavy atom. The van der Waals surface area contributed by atoms with Crippen molar-refractivity contribution in [2.24, 2.45) is 7.05 Å². The minimum Gasteiger partial charge on any atom is -0.444 e. The van der Waals surface area contributed by atoms with Crippen molar-refractivity contribution in [1.82, 2.24) is 14.7 Å². The molecule has 0 bridgehead atoms. The van der Waals surface area contributed by atoms with Gasteiger partial charge in [0.05, 0.1) is 12.2 Å².